The monoisotopic (exact) mass is 445 g/mol. The summed E-state index contributed by atoms with van der Waals surface area (Å²) in [6.07, 6.45) is -0.292. The molecule has 0 saturated carbocycles. The van der Waals surface area contributed by atoms with Crippen molar-refractivity contribution in [3.05, 3.63) is 47.8 Å². The summed E-state index contributed by atoms with van der Waals surface area (Å²) in [5, 5.41) is 8.26. The average Bonchev–Trinajstić information content (AvgIpc) is 3.40. The van der Waals surface area contributed by atoms with Gasteiger partial charge in [0, 0.05) is 0 Å². The fourth-order valence-electron chi connectivity index (χ4n) is 4.32. The first-order valence-corrected chi connectivity index (χ1v) is 10.7. The highest BCUT2D eigenvalue weighted by atomic mass is 16.9. The van der Waals surface area contributed by atoms with Crippen LogP contribution in [0.1, 0.15) is 43.7 Å². The van der Waals surface area contributed by atoms with Crippen molar-refractivity contribution >= 4 is 5.97 Å². The van der Waals surface area contributed by atoms with Crippen molar-refractivity contribution in [1.82, 2.24) is 15.0 Å². The van der Waals surface area contributed by atoms with Crippen LogP contribution in [-0.2, 0) is 41.6 Å². The first-order chi connectivity index (χ1) is 15.2. The van der Waals surface area contributed by atoms with Crippen LogP contribution < -0.4 is 0 Å². The number of ether oxygens (including phenoxy) is 6. The van der Waals surface area contributed by atoms with Crippen LogP contribution in [-0.4, -0.2) is 63.2 Å². The lowest BCUT2D eigenvalue weighted by molar-refractivity contribution is -0.236. The fourth-order valence-corrected chi connectivity index (χ4v) is 4.32. The Balaban J connectivity index is 1.25. The molecule has 1 aromatic heterocycles. The summed E-state index contributed by atoms with van der Waals surface area (Å²) in [6, 6.07) is 8.80. The summed E-state index contributed by atoms with van der Waals surface area (Å²) in [5.74, 6) is -1.95. The van der Waals surface area contributed by atoms with E-state index in [9.17, 15) is 4.79 Å². The van der Waals surface area contributed by atoms with Crippen LogP contribution in [0.4, 0.5) is 0 Å². The van der Waals surface area contributed by atoms with Crippen molar-refractivity contribution in [2.45, 2.75) is 83.1 Å². The van der Waals surface area contributed by atoms with E-state index in [-0.39, 0.29) is 31.0 Å². The van der Waals surface area contributed by atoms with E-state index < -0.39 is 23.8 Å². The number of carbonyl (C=O) groups excluding carboxylic acids is 1. The largest absolute Gasteiger partial charge is 0.455 e. The number of esters is 1. The van der Waals surface area contributed by atoms with Gasteiger partial charge in [-0.05, 0) is 39.8 Å². The maximum absolute atomic E-state index is 12.1. The summed E-state index contributed by atoms with van der Waals surface area (Å²) in [4.78, 5) is 12.1. The second kappa shape index (κ2) is 7.89. The Morgan fingerprint density at radius 3 is 2.47 bits per heavy atom. The minimum absolute atomic E-state index is 0.0216. The third-order valence-electron chi connectivity index (χ3n) is 5.56. The molecule has 0 spiro atoms. The number of hydrogen-bond donors (Lipinski definition) is 0. The molecule has 0 N–H and O–H groups in total. The summed E-state index contributed by atoms with van der Waals surface area (Å²) in [5.41, 5.74) is 1.02. The van der Waals surface area contributed by atoms with Crippen molar-refractivity contribution < 1.29 is 33.2 Å². The highest BCUT2D eigenvalue weighted by Crippen LogP contribution is 2.44. The van der Waals surface area contributed by atoms with Crippen molar-refractivity contribution in [1.29, 1.82) is 0 Å². The predicted octanol–water partition coefficient (Wildman–Crippen LogP) is 2.03. The first-order valence-electron chi connectivity index (χ1n) is 10.7. The fraction of sp³-hybridized carbons (Fsp3) is 0.591. The number of fused-ring (bicyclic) bond motifs is 3. The SMILES string of the molecule is CC1(C)O[C@H]2OC(Cn3cc(COC(=O)c4ccccc4)nn3)[C@@H]3OC(C)(C)O[C@@H]3[C@@H]2O1. The molecule has 32 heavy (non-hydrogen) atoms. The molecule has 0 aliphatic carbocycles. The molecule has 10 nitrogen and oxygen atoms in total. The number of hydrogen-bond acceptors (Lipinski definition) is 9. The van der Waals surface area contributed by atoms with Gasteiger partial charge in [0.2, 0.25) is 0 Å². The summed E-state index contributed by atoms with van der Waals surface area (Å²) < 4.78 is 37.4. The Bertz CT molecular complexity index is 977. The van der Waals surface area contributed by atoms with Gasteiger partial charge in [0.05, 0.1) is 18.3 Å². The van der Waals surface area contributed by atoms with Crippen LogP contribution in [0, 0.1) is 0 Å². The van der Waals surface area contributed by atoms with Crippen LogP contribution >= 0.6 is 0 Å². The molecular formula is C22H27N3O7. The standard InChI is InChI=1S/C22H27N3O7/c1-21(2)29-16-15(28-20-18(17(16)30-21)31-22(3,4)32-20)11-25-10-14(23-24-25)12-27-19(26)13-8-6-5-7-9-13/h5-10,15-18,20H,11-12H2,1-4H3/t15?,16-,17-,18-,20+/m0/s1. The number of carbonyl (C=O) groups is 1. The molecule has 3 aliphatic rings. The minimum Gasteiger partial charge on any atom is -0.455 e. The number of nitrogens with zero attached hydrogens (tertiary/aromatic N) is 3. The molecule has 0 amide bonds. The van der Waals surface area contributed by atoms with E-state index in [1.54, 1.807) is 35.1 Å². The lowest BCUT2D eigenvalue weighted by atomic mass is 9.99. The quantitative estimate of drug-likeness (QED) is 0.640. The average molecular weight is 445 g/mol. The number of rotatable bonds is 5. The van der Waals surface area contributed by atoms with E-state index in [0.717, 1.165) is 0 Å². The molecule has 5 atom stereocenters. The van der Waals surface area contributed by atoms with E-state index in [2.05, 4.69) is 10.3 Å². The van der Waals surface area contributed by atoms with Crippen molar-refractivity contribution in [3.63, 3.8) is 0 Å². The Hall–Kier alpha value is -2.37. The second-order valence-corrected chi connectivity index (χ2v) is 9.08. The van der Waals surface area contributed by atoms with Crippen molar-refractivity contribution in [2.75, 3.05) is 0 Å². The van der Waals surface area contributed by atoms with Gasteiger partial charge in [-0.25, -0.2) is 9.48 Å². The van der Waals surface area contributed by atoms with Gasteiger partial charge in [-0.2, -0.15) is 0 Å². The topological polar surface area (TPSA) is 103 Å². The smallest absolute Gasteiger partial charge is 0.338 e. The van der Waals surface area contributed by atoms with Gasteiger partial charge >= 0.3 is 5.97 Å². The van der Waals surface area contributed by atoms with Gasteiger partial charge in [0.25, 0.3) is 0 Å². The van der Waals surface area contributed by atoms with Crippen LogP contribution in [0.5, 0.6) is 0 Å². The zero-order valence-electron chi connectivity index (χ0n) is 18.5. The van der Waals surface area contributed by atoms with Crippen LogP contribution in [0.15, 0.2) is 36.5 Å². The zero-order valence-corrected chi connectivity index (χ0v) is 18.5. The Kier molecular flexibility index (Phi) is 5.30. The van der Waals surface area contributed by atoms with E-state index in [1.165, 1.54) is 0 Å². The molecule has 3 saturated heterocycles. The molecule has 172 valence electrons. The molecule has 2 aromatic rings. The van der Waals surface area contributed by atoms with Crippen LogP contribution in [0.25, 0.3) is 0 Å². The Labute approximate surface area is 185 Å². The predicted molar refractivity (Wildman–Crippen MR) is 108 cm³/mol. The Morgan fingerprint density at radius 1 is 1.00 bits per heavy atom. The molecule has 3 aliphatic heterocycles. The van der Waals surface area contributed by atoms with Gasteiger partial charge < -0.3 is 28.4 Å². The first kappa shape index (κ1) is 21.5. The molecule has 4 heterocycles. The molecule has 1 aromatic carbocycles. The lowest BCUT2D eigenvalue weighted by Gasteiger charge is -2.37. The van der Waals surface area contributed by atoms with Crippen LogP contribution in [0.3, 0.4) is 0 Å². The highest BCUT2D eigenvalue weighted by molar-refractivity contribution is 5.89. The number of benzene rings is 1. The van der Waals surface area contributed by atoms with E-state index in [4.69, 9.17) is 28.4 Å². The van der Waals surface area contributed by atoms with Gasteiger partial charge in [-0.3, -0.25) is 0 Å². The Morgan fingerprint density at radius 2 is 1.69 bits per heavy atom. The molecule has 0 bridgehead atoms. The van der Waals surface area contributed by atoms with Gasteiger partial charge in [0.15, 0.2) is 17.9 Å². The lowest BCUT2D eigenvalue weighted by Crippen LogP contribution is -2.56. The van der Waals surface area contributed by atoms with Crippen molar-refractivity contribution in [2.24, 2.45) is 0 Å². The van der Waals surface area contributed by atoms with Crippen molar-refractivity contribution in [3.8, 4) is 0 Å². The molecular weight excluding hydrogens is 418 g/mol. The van der Waals surface area contributed by atoms with Gasteiger partial charge in [0.1, 0.15) is 36.7 Å². The molecule has 5 rings (SSSR count). The van der Waals surface area contributed by atoms with Crippen LogP contribution in [0.2, 0.25) is 0 Å². The maximum Gasteiger partial charge on any atom is 0.338 e. The maximum atomic E-state index is 12.1. The third-order valence-corrected chi connectivity index (χ3v) is 5.56. The zero-order chi connectivity index (χ0) is 22.5. The molecule has 1 unspecified atom stereocenters. The molecule has 10 heteroatoms. The summed E-state index contributed by atoms with van der Waals surface area (Å²) >= 11 is 0. The minimum atomic E-state index is -0.770. The van der Waals surface area contributed by atoms with E-state index in [1.807, 2.05) is 33.8 Å². The summed E-state index contributed by atoms with van der Waals surface area (Å²) in [7, 11) is 0. The van der Waals surface area contributed by atoms with E-state index >= 15 is 0 Å². The highest BCUT2D eigenvalue weighted by Gasteiger charge is 2.60. The van der Waals surface area contributed by atoms with E-state index in [0.29, 0.717) is 17.8 Å². The van der Waals surface area contributed by atoms with Gasteiger partial charge in [-0.1, -0.05) is 23.4 Å². The summed E-state index contributed by atoms with van der Waals surface area (Å²) in [6.45, 7) is 7.82. The normalized spacial score (nSPS) is 32.3. The number of aromatic nitrogens is 3. The third kappa shape index (κ3) is 4.28. The van der Waals surface area contributed by atoms with Gasteiger partial charge in [-0.15, -0.1) is 5.10 Å². The molecule has 3 fully saturated rings. The molecule has 0 radical (unpaired) electrons. The second-order valence-electron chi connectivity index (χ2n) is 9.08.